The molecule has 0 aliphatic carbocycles. The van der Waals surface area contributed by atoms with Crippen LogP contribution < -0.4 is 5.30 Å². The summed E-state index contributed by atoms with van der Waals surface area (Å²) in [5, 5.41) is 1.38. The van der Waals surface area contributed by atoms with Crippen molar-refractivity contribution in [2.45, 2.75) is 11.8 Å². The van der Waals surface area contributed by atoms with E-state index in [1.807, 2.05) is 0 Å². The van der Waals surface area contributed by atoms with Crippen LogP contribution in [-0.4, -0.2) is 0 Å². The van der Waals surface area contributed by atoms with Crippen molar-refractivity contribution in [1.82, 2.24) is 0 Å². The zero-order chi connectivity index (χ0) is 19.0. The van der Waals surface area contributed by atoms with Gasteiger partial charge in [-0.25, -0.2) is 0 Å². The maximum absolute atomic E-state index is 6.68. The Hall–Kier alpha value is -2.47. The first-order valence-electron chi connectivity index (χ1n) is 9.64. The molecule has 1 aliphatic heterocycles. The van der Waals surface area contributed by atoms with E-state index in [0.29, 0.717) is 0 Å². The Morgan fingerprint density at radius 1 is 0.607 bits per heavy atom. The van der Waals surface area contributed by atoms with Crippen LogP contribution in [0.4, 0.5) is 0 Å². The van der Waals surface area contributed by atoms with Gasteiger partial charge in [0, 0.05) is 11.8 Å². The van der Waals surface area contributed by atoms with Gasteiger partial charge in [-0.15, -0.1) is 0 Å². The first kappa shape index (κ1) is 17.6. The quantitative estimate of drug-likeness (QED) is 0.345. The molecule has 0 amide bonds. The Balaban J connectivity index is 1.80. The summed E-state index contributed by atoms with van der Waals surface area (Å²) in [4.78, 5) is 0. The highest BCUT2D eigenvalue weighted by atomic mass is 32.4. The molecule has 2 heteroatoms. The first-order valence-corrected chi connectivity index (χ1v) is 12.7. The molecular formula is C26H21PS. The molecule has 0 fully saturated rings. The summed E-state index contributed by atoms with van der Waals surface area (Å²) in [5.41, 5.74) is 6.95. The molecule has 2 atom stereocenters. The fourth-order valence-electron chi connectivity index (χ4n) is 4.46. The van der Waals surface area contributed by atoms with Gasteiger partial charge in [0.2, 0.25) is 0 Å². The standard InChI is InChI=1S/C26H21PS/c28-27(19-20-11-3-1-4-12-20)25-18-10-9-16-23(25)22-15-7-8-17-24(22)26(27)21-13-5-2-6-14-21/h1-18,26H,19H2. The molecule has 1 heterocycles. The predicted molar refractivity (Wildman–Crippen MR) is 124 cm³/mol. The molecule has 0 bridgehead atoms. The summed E-state index contributed by atoms with van der Waals surface area (Å²) in [6, 6.07) is 37.4. The largest absolute Gasteiger partial charge is 0.0912 e. The molecule has 2 unspecified atom stereocenters. The molecule has 136 valence electrons. The molecule has 1 aliphatic rings. The number of rotatable bonds is 3. The highest BCUT2D eigenvalue weighted by Crippen LogP contribution is 2.67. The van der Waals surface area contributed by atoms with Gasteiger partial charge in [-0.1, -0.05) is 121 Å². The molecule has 0 N–H and O–H groups in total. The maximum atomic E-state index is 6.68. The average molecular weight is 396 g/mol. The molecule has 0 saturated heterocycles. The van der Waals surface area contributed by atoms with Gasteiger partial charge in [-0.3, -0.25) is 0 Å². The Morgan fingerprint density at radius 2 is 1.18 bits per heavy atom. The minimum atomic E-state index is -1.96. The minimum Gasteiger partial charge on any atom is -0.0912 e. The predicted octanol–water partition coefficient (Wildman–Crippen LogP) is 6.76. The van der Waals surface area contributed by atoms with Crippen molar-refractivity contribution in [3.63, 3.8) is 0 Å². The van der Waals surface area contributed by atoms with Gasteiger partial charge in [0.05, 0.1) is 0 Å². The van der Waals surface area contributed by atoms with E-state index in [1.54, 1.807) is 0 Å². The Kier molecular flexibility index (Phi) is 4.51. The molecular weight excluding hydrogens is 375 g/mol. The third-order valence-electron chi connectivity index (χ3n) is 5.65. The van der Waals surface area contributed by atoms with Crippen LogP contribution in [0, 0.1) is 0 Å². The van der Waals surface area contributed by atoms with Gasteiger partial charge in [-0.2, -0.15) is 0 Å². The fourth-order valence-corrected chi connectivity index (χ4v) is 9.75. The van der Waals surface area contributed by atoms with E-state index in [9.17, 15) is 0 Å². The summed E-state index contributed by atoms with van der Waals surface area (Å²) >= 11 is 6.68. The molecule has 0 aromatic heterocycles. The van der Waals surface area contributed by atoms with Crippen LogP contribution >= 0.6 is 6.04 Å². The van der Waals surface area contributed by atoms with Crippen LogP contribution in [0.15, 0.2) is 109 Å². The number of fused-ring (bicyclic) bond motifs is 3. The SMILES string of the molecule is S=P1(Cc2ccccc2)c2ccccc2-c2ccccc2C1c1ccccc1. The molecule has 28 heavy (non-hydrogen) atoms. The fraction of sp³-hybridized carbons (Fsp3) is 0.0769. The molecule has 4 aromatic rings. The van der Waals surface area contributed by atoms with Crippen molar-refractivity contribution < 1.29 is 0 Å². The van der Waals surface area contributed by atoms with Gasteiger partial charge in [0.25, 0.3) is 0 Å². The van der Waals surface area contributed by atoms with E-state index in [1.165, 1.54) is 33.1 Å². The summed E-state index contributed by atoms with van der Waals surface area (Å²) < 4.78 is 0. The van der Waals surface area contributed by atoms with Gasteiger partial charge in [-0.05, 0) is 39.2 Å². The lowest BCUT2D eigenvalue weighted by Gasteiger charge is -2.39. The number of hydrogen-bond donors (Lipinski definition) is 0. The normalized spacial score (nSPS) is 20.2. The molecule has 0 saturated carbocycles. The highest BCUT2D eigenvalue weighted by Gasteiger charge is 2.39. The lowest BCUT2D eigenvalue weighted by Crippen LogP contribution is -2.22. The molecule has 0 spiro atoms. The second-order valence-corrected chi connectivity index (χ2v) is 12.2. The summed E-state index contributed by atoms with van der Waals surface area (Å²) in [6.07, 6.45) is 0.939. The smallest absolute Gasteiger partial charge is 0.0428 e. The van der Waals surface area contributed by atoms with Crippen molar-refractivity contribution in [1.29, 1.82) is 0 Å². The van der Waals surface area contributed by atoms with Gasteiger partial charge in [0.15, 0.2) is 0 Å². The average Bonchev–Trinajstić information content (AvgIpc) is 2.75. The third kappa shape index (κ3) is 2.87. The number of hydrogen-bond acceptors (Lipinski definition) is 1. The molecule has 4 aromatic carbocycles. The van der Waals surface area contributed by atoms with Gasteiger partial charge in [0.1, 0.15) is 0 Å². The lowest BCUT2D eigenvalue weighted by atomic mass is 9.94. The lowest BCUT2D eigenvalue weighted by molar-refractivity contribution is 1.12. The van der Waals surface area contributed by atoms with Crippen LogP contribution in [0.25, 0.3) is 11.1 Å². The van der Waals surface area contributed by atoms with E-state index in [4.69, 9.17) is 11.8 Å². The Bertz CT molecular complexity index is 1170. The Labute approximate surface area is 171 Å². The van der Waals surface area contributed by atoms with Crippen molar-refractivity contribution in [3.05, 3.63) is 126 Å². The van der Waals surface area contributed by atoms with Gasteiger partial charge < -0.3 is 0 Å². The zero-order valence-electron chi connectivity index (χ0n) is 15.5. The zero-order valence-corrected chi connectivity index (χ0v) is 17.2. The first-order chi connectivity index (χ1) is 13.8. The molecule has 5 rings (SSSR count). The van der Waals surface area contributed by atoms with Crippen LogP contribution in [0.5, 0.6) is 0 Å². The van der Waals surface area contributed by atoms with Gasteiger partial charge >= 0.3 is 0 Å². The van der Waals surface area contributed by atoms with Crippen LogP contribution in [-0.2, 0) is 18.0 Å². The highest BCUT2D eigenvalue weighted by molar-refractivity contribution is 8.18. The van der Waals surface area contributed by atoms with Crippen LogP contribution in [0.1, 0.15) is 22.3 Å². The van der Waals surface area contributed by atoms with E-state index < -0.39 is 6.04 Å². The topological polar surface area (TPSA) is 0 Å². The molecule has 0 radical (unpaired) electrons. The van der Waals surface area contributed by atoms with E-state index in [2.05, 4.69) is 109 Å². The van der Waals surface area contributed by atoms with Crippen molar-refractivity contribution >= 4 is 23.1 Å². The third-order valence-corrected chi connectivity index (χ3v) is 10.7. The van der Waals surface area contributed by atoms with Crippen molar-refractivity contribution in [2.24, 2.45) is 0 Å². The second kappa shape index (κ2) is 7.17. The van der Waals surface area contributed by atoms with E-state index >= 15 is 0 Å². The monoisotopic (exact) mass is 396 g/mol. The summed E-state index contributed by atoms with van der Waals surface area (Å²) in [5.74, 6) is 0. The van der Waals surface area contributed by atoms with Crippen LogP contribution in [0.3, 0.4) is 0 Å². The van der Waals surface area contributed by atoms with Crippen LogP contribution in [0.2, 0.25) is 0 Å². The minimum absolute atomic E-state index is 0.245. The second-order valence-electron chi connectivity index (χ2n) is 7.36. The van der Waals surface area contributed by atoms with Crippen molar-refractivity contribution in [2.75, 3.05) is 0 Å². The Morgan fingerprint density at radius 3 is 1.93 bits per heavy atom. The van der Waals surface area contributed by atoms with E-state index in [0.717, 1.165) is 6.16 Å². The summed E-state index contributed by atoms with van der Waals surface area (Å²) in [6.45, 7) is 0. The maximum Gasteiger partial charge on any atom is 0.0428 e. The molecule has 0 nitrogen and oxygen atoms in total. The van der Waals surface area contributed by atoms with Crippen molar-refractivity contribution in [3.8, 4) is 11.1 Å². The summed E-state index contributed by atoms with van der Waals surface area (Å²) in [7, 11) is 0. The number of benzene rings is 4. The van der Waals surface area contributed by atoms with E-state index in [-0.39, 0.29) is 5.66 Å².